The molecule has 0 aliphatic heterocycles. The van der Waals surface area contributed by atoms with Crippen LogP contribution in [-0.4, -0.2) is 21.0 Å². The number of carboxylic acids is 1. The summed E-state index contributed by atoms with van der Waals surface area (Å²) in [7, 11) is 0. The van der Waals surface area contributed by atoms with Crippen LogP contribution in [0.2, 0.25) is 0 Å². The minimum Gasteiger partial charge on any atom is -0.478 e. The van der Waals surface area contributed by atoms with Crippen molar-refractivity contribution < 1.29 is 9.90 Å². The third-order valence-corrected chi connectivity index (χ3v) is 2.59. The van der Waals surface area contributed by atoms with Gasteiger partial charge in [0.2, 0.25) is 0 Å². The predicted molar refractivity (Wildman–Crippen MR) is 77.4 cm³/mol. The maximum atomic E-state index is 10.2. The third kappa shape index (κ3) is 3.29. The summed E-state index contributed by atoms with van der Waals surface area (Å²) in [5.74, 6) is -0.341. The Labute approximate surface area is 115 Å². The first-order valence-electron chi connectivity index (χ1n) is 5.92. The minimum absolute atomic E-state index is 0.331. The van der Waals surface area contributed by atoms with Crippen molar-refractivity contribution in [2.24, 2.45) is 0 Å². The summed E-state index contributed by atoms with van der Waals surface area (Å²) in [4.78, 5) is 18.1. The van der Waals surface area contributed by atoms with E-state index in [0.717, 1.165) is 10.9 Å². The number of carboxylic acid groups (broad SMARTS) is 1. The molecule has 3 N–H and O–H groups in total. The molecule has 20 heavy (non-hydrogen) atoms. The van der Waals surface area contributed by atoms with Crippen LogP contribution in [0.3, 0.4) is 0 Å². The Balaban J connectivity index is 0.000000151. The second kappa shape index (κ2) is 6.29. The zero-order valence-electron chi connectivity index (χ0n) is 10.6. The van der Waals surface area contributed by atoms with Crippen molar-refractivity contribution in [2.75, 3.05) is 5.73 Å². The summed E-state index contributed by atoms with van der Waals surface area (Å²) >= 11 is 0. The predicted octanol–water partition coefficient (Wildman–Crippen LogP) is 2.60. The van der Waals surface area contributed by atoms with Gasteiger partial charge in [-0.3, -0.25) is 0 Å². The number of benzene rings is 2. The lowest BCUT2D eigenvalue weighted by Crippen LogP contribution is -1.93. The van der Waals surface area contributed by atoms with E-state index in [0.29, 0.717) is 11.4 Å². The lowest BCUT2D eigenvalue weighted by atomic mass is 10.2. The highest BCUT2D eigenvalue weighted by atomic mass is 16.4. The molecule has 0 saturated carbocycles. The van der Waals surface area contributed by atoms with Crippen molar-refractivity contribution >= 4 is 22.7 Å². The van der Waals surface area contributed by atoms with Crippen molar-refractivity contribution in [3.63, 3.8) is 0 Å². The van der Waals surface area contributed by atoms with Crippen molar-refractivity contribution in [2.45, 2.75) is 0 Å². The van der Waals surface area contributed by atoms with Crippen LogP contribution in [0.1, 0.15) is 10.4 Å². The van der Waals surface area contributed by atoms with E-state index >= 15 is 0 Å². The fourth-order valence-corrected chi connectivity index (χ4v) is 1.61. The number of rotatable bonds is 1. The third-order valence-electron chi connectivity index (χ3n) is 2.59. The Morgan fingerprint density at radius 1 is 0.950 bits per heavy atom. The standard InChI is InChI=1S/C8H7N3.C7H6O2/c9-8-6-3-1-2-4-7(6)10-5-11-8;8-7(9)6-4-2-1-3-5-6/h1-5H,(H2,9,10,11);1-5H,(H,8,9). The Morgan fingerprint density at radius 3 is 2.20 bits per heavy atom. The van der Waals surface area contributed by atoms with Gasteiger partial charge in [0.05, 0.1) is 11.1 Å². The van der Waals surface area contributed by atoms with E-state index in [1.54, 1.807) is 30.3 Å². The molecule has 0 fully saturated rings. The summed E-state index contributed by atoms with van der Waals surface area (Å²) in [6.45, 7) is 0. The Hall–Kier alpha value is -2.95. The topological polar surface area (TPSA) is 89.1 Å². The Kier molecular flexibility index (Phi) is 4.24. The molecule has 0 aliphatic carbocycles. The zero-order valence-corrected chi connectivity index (χ0v) is 10.6. The number of aromatic carboxylic acids is 1. The number of anilines is 1. The SMILES string of the molecule is Nc1ncnc2ccccc12.O=C(O)c1ccccc1. The molecule has 0 saturated heterocycles. The van der Waals surface area contributed by atoms with Gasteiger partial charge in [-0.25, -0.2) is 14.8 Å². The average Bonchev–Trinajstić information content (AvgIpc) is 2.49. The lowest BCUT2D eigenvalue weighted by molar-refractivity contribution is 0.0697. The van der Waals surface area contributed by atoms with Crippen molar-refractivity contribution in [3.05, 3.63) is 66.5 Å². The molecule has 3 rings (SSSR count). The molecule has 100 valence electrons. The second-order valence-corrected chi connectivity index (χ2v) is 3.95. The fraction of sp³-hybridized carbons (Fsp3) is 0. The second-order valence-electron chi connectivity index (χ2n) is 3.95. The molecule has 1 heterocycles. The van der Waals surface area contributed by atoms with Gasteiger partial charge in [-0.05, 0) is 24.3 Å². The van der Waals surface area contributed by atoms with Crippen molar-refractivity contribution in [3.8, 4) is 0 Å². The van der Waals surface area contributed by atoms with Gasteiger partial charge < -0.3 is 10.8 Å². The van der Waals surface area contributed by atoms with E-state index in [1.165, 1.54) is 6.33 Å². The number of hydrogen-bond acceptors (Lipinski definition) is 4. The molecule has 0 unspecified atom stereocenters. The molecule has 3 aromatic rings. The quantitative estimate of drug-likeness (QED) is 0.707. The Bertz CT molecular complexity index is 709. The smallest absolute Gasteiger partial charge is 0.335 e. The van der Waals surface area contributed by atoms with Gasteiger partial charge in [-0.2, -0.15) is 0 Å². The van der Waals surface area contributed by atoms with Gasteiger partial charge in [-0.1, -0.05) is 30.3 Å². The highest BCUT2D eigenvalue weighted by Crippen LogP contribution is 2.14. The Morgan fingerprint density at radius 2 is 1.60 bits per heavy atom. The number of para-hydroxylation sites is 1. The fourth-order valence-electron chi connectivity index (χ4n) is 1.61. The van der Waals surface area contributed by atoms with Crippen LogP contribution < -0.4 is 5.73 Å². The van der Waals surface area contributed by atoms with Crippen LogP contribution >= 0.6 is 0 Å². The van der Waals surface area contributed by atoms with Gasteiger partial charge in [0.25, 0.3) is 0 Å². The number of aromatic nitrogens is 2. The van der Waals surface area contributed by atoms with E-state index in [1.807, 2.05) is 24.3 Å². The van der Waals surface area contributed by atoms with E-state index in [9.17, 15) is 4.79 Å². The summed E-state index contributed by atoms with van der Waals surface area (Å²) in [5, 5.41) is 9.30. The normalized spacial score (nSPS) is 9.60. The first-order valence-corrected chi connectivity index (χ1v) is 5.92. The van der Waals surface area contributed by atoms with Crippen molar-refractivity contribution in [1.82, 2.24) is 9.97 Å². The molecule has 0 atom stereocenters. The summed E-state index contributed by atoms with van der Waals surface area (Å²) < 4.78 is 0. The van der Waals surface area contributed by atoms with Gasteiger partial charge in [-0.15, -0.1) is 0 Å². The van der Waals surface area contributed by atoms with Gasteiger partial charge >= 0.3 is 5.97 Å². The summed E-state index contributed by atoms with van der Waals surface area (Å²) in [5.41, 5.74) is 6.83. The van der Waals surface area contributed by atoms with E-state index in [4.69, 9.17) is 10.8 Å². The maximum Gasteiger partial charge on any atom is 0.335 e. The summed E-state index contributed by atoms with van der Waals surface area (Å²) in [6.07, 6.45) is 1.47. The molecule has 0 radical (unpaired) electrons. The van der Waals surface area contributed by atoms with Gasteiger partial charge in [0.15, 0.2) is 0 Å². The van der Waals surface area contributed by atoms with Gasteiger partial charge in [0.1, 0.15) is 12.1 Å². The zero-order chi connectivity index (χ0) is 14.4. The van der Waals surface area contributed by atoms with E-state index < -0.39 is 5.97 Å². The van der Waals surface area contributed by atoms with Crippen LogP contribution in [0.4, 0.5) is 5.82 Å². The van der Waals surface area contributed by atoms with Crippen LogP contribution in [-0.2, 0) is 0 Å². The first kappa shape index (κ1) is 13.5. The minimum atomic E-state index is -0.879. The number of carbonyl (C=O) groups is 1. The highest BCUT2D eigenvalue weighted by Gasteiger charge is 1.97. The first-order chi connectivity index (χ1) is 9.68. The largest absolute Gasteiger partial charge is 0.478 e. The van der Waals surface area contributed by atoms with Gasteiger partial charge in [0, 0.05) is 5.39 Å². The molecule has 0 bridgehead atoms. The number of nitrogens with two attached hydrogens (primary N) is 1. The van der Waals surface area contributed by atoms with Crippen LogP contribution in [0, 0.1) is 0 Å². The average molecular weight is 267 g/mol. The molecule has 0 amide bonds. The molecule has 5 heteroatoms. The van der Waals surface area contributed by atoms with Crippen LogP contribution in [0.15, 0.2) is 60.9 Å². The molecule has 0 aliphatic rings. The molecule has 2 aromatic carbocycles. The maximum absolute atomic E-state index is 10.2. The number of fused-ring (bicyclic) bond motifs is 1. The number of hydrogen-bond donors (Lipinski definition) is 2. The molecule has 1 aromatic heterocycles. The number of nitrogens with zero attached hydrogens (tertiary/aromatic N) is 2. The lowest BCUT2D eigenvalue weighted by Gasteiger charge is -1.96. The molecule has 5 nitrogen and oxygen atoms in total. The summed E-state index contributed by atoms with van der Waals surface area (Å²) in [6, 6.07) is 16.0. The van der Waals surface area contributed by atoms with E-state index in [-0.39, 0.29) is 0 Å². The van der Waals surface area contributed by atoms with Crippen molar-refractivity contribution in [1.29, 1.82) is 0 Å². The van der Waals surface area contributed by atoms with Crippen LogP contribution in [0.25, 0.3) is 10.9 Å². The van der Waals surface area contributed by atoms with Crippen LogP contribution in [0.5, 0.6) is 0 Å². The molecular weight excluding hydrogens is 254 g/mol. The number of nitrogen functional groups attached to an aromatic ring is 1. The highest BCUT2D eigenvalue weighted by molar-refractivity contribution is 5.87. The molecule has 0 spiro atoms. The van der Waals surface area contributed by atoms with E-state index in [2.05, 4.69) is 9.97 Å². The monoisotopic (exact) mass is 267 g/mol. The molecular formula is C15H13N3O2.